The van der Waals surface area contributed by atoms with E-state index in [1.807, 2.05) is 0 Å². The van der Waals surface area contributed by atoms with E-state index in [0.717, 1.165) is 6.20 Å². The van der Waals surface area contributed by atoms with Crippen LogP contribution in [0.5, 0.6) is 0 Å². The van der Waals surface area contributed by atoms with E-state index in [9.17, 15) is 23.7 Å². The zero-order valence-electron chi connectivity index (χ0n) is 8.68. The number of aromatic nitrogens is 1. The van der Waals surface area contributed by atoms with E-state index in [0.29, 0.717) is 0 Å². The number of carboxylic acid groups (broad SMARTS) is 1. The molecule has 0 atom stereocenters. The molecule has 0 radical (unpaired) electrons. The number of nitro groups is 1. The molecule has 1 N–H and O–H groups in total. The first-order valence-corrected chi connectivity index (χ1v) is 4.47. The van der Waals surface area contributed by atoms with E-state index in [4.69, 9.17) is 5.11 Å². The normalized spacial score (nSPS) is 10.6. The van der Waals surface area contributed by atoms with Crippen molar-refractivity contribution in [3.05, 3.63) is 33.1 Å². The smallest absolute Gasteiger partial charge is 0.307 e. The highest BCUT2D eigenvalue weighted by Gasteiger charge is 2.27. The van der Waals surface area contributed by atoms with Gasteiger partial charge < -0.3 is 5.11 Å². The van der Waals surface area contributed by atoms with Crippen LogP contribution in [0.1, 0.15) is 23.2 Å². The molecule has 0 aliphatic rings. The van der Waals surface area contributed by atoms with Crippen molar-refractivity contribution in [1.29, 1.82) is 0 Å². The molecule has 1 aromatic heterocycles. The van der Waals surface area contributed by atoms with Crippen LogP contribution in [0.3, 0.4) is 0 Å². The van der Waals surface area contributed by atoms with Gasteiger partial charge in [-0.3, -0.25) is 14.9 Å². The molecule has 1 aromatic rings. The molecule has 0 bridgehead atoms. The Bertz CT molecular complexity index is 476. The fraction of sp³-hybridized carbons (Fsp3) is 0.333. The zero-order valence-corrected chi connectivity index (χ0v) is 8.68. The monoisotopic (exact) mass is 246 g/mol. The highest BCUT2D eigenvalue weighted by molar-refractivity contribution is 5.71. The van der Waals surface area contributed by atoms with Crippen LogP contribution in [0.2, 0.25) is 0 Å². The van der Waals surface area contributed by atoms with E-state index < -0.39 is 35.1 Å². The molecular formula is C9H8F2N2O4. The number of halogens is 2. The minimum atomic E-state index is -3.08. The number of carboxylic acids is 1. The Morgan fingerprint density at radius 1 is 1.65 bits per heavy atom. The van der Waals surface area contributed by atoms with Crippen molar-refractivity contribution in [2.75, 3.05) is 0 Å². The summed E-state index contributed by atoms with van der Waals surface area (Å²) < 4.78 is 25.0. The summed E-state index contributed by atoms with van der Waals surface area (Å²) in [6, 6.07) is 0. The maximum Gasteiger partial charge on any atom is 0.307 e. The second-order valence-corrected chi connectivity index (χ2v) is 3.27. The molecule has 17 heavy (non-hydrogen) atoms. The number of pyridine rings is 1. The van der Waals surface area contributed by atoms with Crippen LogP contribution in [0.4, 0.5) is 14.5 Å². The average Bonchev–Trinajstić information content (AvgIpc) is 2.19. The zero-order chi connectivity index (χ0) is 13.2. The quantitative estimate of drug-likeness (QED) is 0.646. The average molecular weight is 246 g/mol. The third kappa shape index (κ3) is 2.71. The molecule has 0 unspecified atom stereocenters. The van der Waals surface area contributed by atoms with Crippen LogP contribution in [0.25, 0.3) is 0 Å². The van der Waals surface area contributed by atoms with E-state index in [2.05, 4.69) is 4.98 Å². The van der Waals surface area contributed by atoms with Crippen molar-refractivity contribution >= 4 is 11.7 Å². The molecule has 0 saturated heterocycles. The van der Waals surface area contributed by atoms with E-state index >= 15 is 0 Å². The van der Waals surface area contributed by atoms with Gasteiger partial charge in [-0.15, -0.1) is 0 Å². The Morgan fingerprint density at radius 3 is 2.65 bits per heavy atom. The number of hydrogen-bond donors (Lipinski definition) is 1. The first-order chi connectivity index (χ1) is 7.84. The first-order valence-electron chi connectivity index (χ1n) is 4.47. The van der Waals surface area contributed by atoms with E-state index in [1.165, 1.54) is 6.92 Å². The van der Waals surface area contributed by atoms with Crippen LogP contribution < -0.4 is 0 Å². The summed E-state index contributed by atoms with van der Waals surface area (Å²) in [4.78, 5) is 23.4. The summed E-state index contributed by atoms with van der Waals surface area (Å²) in [7, 11) is 0. The van der Waals surface area contributed by atoms with Crippen LogP contribution in [0.15, 0.2) is 6.20 Å². The number of nitrogens with zero attached hydrogens (tertiary/aromatic N) is 2. The molecule has 8 heteroatoms. The second-order valence-electron chi connectivity index (χ2n) is 3.27. The van der Waals surface area contributed by atoms with Gasteiger partial charge in [0.15, 0.2) is 5.69 Å². The van der Waals surface area contributed by atoms with E-state index in [1.54, 1.807) is 0 Å². The summed E-state index contributed by atoms with van der Waals surface area (Å²) in [6.07, 6.45) is -2.64. The van der Waals surface area contributed by atoms with Crippen LogP contribution in [0, 0.1) is 17.0 Å². The predicted molar refractivity (Wildman–Crippen MR) is 51.9 cm³/mol. The highest BCUT2D eigenvalue weighted by Crippen LogP contribution is 2.31. The molecular weight excluding hydrogens is 238 g/mol. The van der Waals surface area contributed by atoms with Crippen molar-refractivity contribution in [2.24, 2.45) is 0 Å². The van der Waals surface area contributed by atoms with Gasteiger partial charge in [-0.05, 0) is 12.5 Å². The minimum absolute atomic E-state index is 0.0496. The van der Waals surface area contributed by atoms with Gasteiger partial charge in [-0.1, -0.05) is 0 Å². The fourth-order valence-electron chi connectivity index (χ4n) is 1.38. The molecule has 92 valence electrons. The summed E-state index contributed by atoms with van der Waals surface area (Å²) >= 11 is 0. The van der Waals surface area contributed by atoms with Crippen LogP contribution >= 0.6 is 0 Å². The molecule has 0 aliphatic heterocycles. The van der Waals surface area contributed by atoms with Crippen molar-refractivity contribution in [1.82, 2.24) is 4.98 Å². The summed E-state index contributed by atoms with van der Waals surface area (Å²) in [5, 5.41) is 19.2. The standard InChI is InChI=1S/C9H8F2N2O4/c1-4-5(2-6(14)15)3-12-7(9(10)11)8(4)13(16)17/h3,9H,2H2,1H3,(H,14,15). The third-order valence-corrected chi connectivity index (χ3v) is 2.17. The van der Waals surface area contributed by atoms with Gasteiger partial charge in [-0.25, -0.2) is 13.8 Å². The topological polar surface area (TPSA) is 93.3 Å². The first kappa shape index (κ1) is 12.9. The molecule has 0 amide bonds. The third-order valence-electron chi connectivity index (χ3n) is 2.17. The molecule has 1 heterocycles. The van der Waals surface area contributed by atoms with Gasteiger partial charge in [0.05, 0.1) is 11.3 Å². The molecule has 0 saturated carbocycles. The minimum Gasteiger partial charge on any atom is -0.481 e. The van der Waals surface area contributed by atoms with Gasteiger partial charge in [0.1, 0.15) is 0 Å². The Kier molecular flexibility index (Phi) is 3.66. The maximum atomic E-state index is 12.5. The highest BCUT2D eigenvalue weighted by atomic mass is 19.3. The van der Waals surface area contributed by atoms with Crippen LogP contribution in [-0.4, -0.2) is 21.0 Å². The number of alkyl halides is 2. The van der Waals surface area contributed by atoms with E-state index in [-0.39, 0.29) is 11.1 Å². The van der Waals surface area contributed by atoms with Gasteiger partial charge in [0.25, 0.3) is 12.1 Å². The SMILES string of the molecule is Cc1c(CC(=O)O)cnc(C(F)F)c1[N+](=O)[O-]. The lowest BCUT2D eigenvalue weighted by Gasteiger charge is -2.07. The summed E-state index contributed by atoms with van der Waals surface area (Å²) in [5.41, 5.74) is -1.81. The van der Waals surface area contributed by atoms with Crippen molar-refractivity contribution in [3.8, 4) is 0 Å². The summed E-state index contributed by atoms with van der Waals surface area (Å²) in [6.45, 7) is 1.23. The lowest BCUT2D eigenvalue weighted by molar-refractivity contribution is -0.387. The molecule has 0 fully saturated rings. The Balaban J connectivity index is 3.38. The van der Waals surface area contributed by atoms with Crippen molar-refractivity contribution in [2.45, 2.75) is 19.8 Å². The van der Waals surface area contributed by atoms with Gasteiger partial charge in [0.2, 0.25) is 0 Å². The number of hydrogen-bond acceptors (Lipinski definition) is 4. The van der Waals surface area contributed by atoms with Gasteiger partial charge in [0, 0.05) is 11.8 Å². The fourth-order valence-corrected chi connectivity index (χ4v) is 1.38. The van der Waals surface area contributed by atoms with Crippen molar-refractivity contribution in [3.63, 3.8) is 0 Å². The molecule has 0 aliphatic carbocycles. The molecule has 0 aromatic carbocycles. The number of aliphatic carboxylic acids is 1. The number of carbonyl (C=O) groups is 1. The Hall–Kier alpha value is -2.12. The number of rotatable bonds is 4. The predicted octanol–water partition coefficient (Wildman–Crippen LogP) is 1.86. The molecule has 6 nitrogen and oxygen atoms in total. The molecule has 1 rings (SSSR count). The lowest BCUT2D eigenvalue weighted by atomic mass is 10.1. The molecule has 0 spiro atoms. The van der Waals surface area contributed by atoms with Gasteiger partial charge in [-0.2, -0.15) is 0 Å². The maximum absolute atomic E-state index is 12.5. The summed E-state index contributed by atoms with van der Waals surface area (Å²) in [5.74, 6) is -1.21. The van der Waals surface area contributed by atoms with Crippen molar-refractivity contribution < 1.29 is 23.6 Å². The Morgan fingerprint density at radius 2 is 2.24 bits per heavy atom. The van der Waals surface area contributed by atoms with Gasteiger partial charge >= 0.3 is 5.97 Å². The lowest BCUT2D eigenvalue weighted by Crippen LogP contribution is -2.08. The largest absolute Gasteiger partial charge is 0.481 e. The Labute approximate surface area is 94.1 Å². The van der Waals surface area contributed by atoms with Crippen LogP contribution in [-0.2, 0) is 11.2 Å². The second kappa shape index (κ2) is 4.81.